The topological polar surface area (TPSA) is 86.3 Å². The Kier molecular flexibility index (Phi) is 10.2. The second kappa shape index (κ2) is 9.61. The first kappa shape index (κ1) is 36.0. The van der Waals surface area contributed by atoms with Crippen molar-refractivity contribution in [2.45, 2.75) is 47.0 Å². The molecule has 0 aromatic heterocycles. The van der Waals surface area contributed by atoms with Gasteiger partial charge in [-0.05, 0) is 0 Å². The molecule has 24 heteroatoms. The average Bonchev–Trinajstić information content (AvgIpc) is 2.57. The molecule has 0 rings (SSSR count). The Hall–Kier alpha value is -0.174. The van der Waals surface area contributed by atoms with E-state index in [-0.39, 0.29) is 56.1 Å². The Morgan fingerprint density at radius 3 is 1.12 bits per heavy atom. The van der Waals surface area contributed by atoms with Crippen molar-refractivity contribution in [2.75, 3.05) is 6.54 Å². The van der Waals surface area contributed by atoms with Crippen LogP contribution in [0.2, 0.25) is 0 Å². The molecule has 0 heterocycles. The maximum atomic E-state index is 13.4. The molecular weight excluding hydrogens is 592 g/mol. The van der Waals surface area contributed by atoms with Gasteiger partial charge < -0.3 is 9.90 Å². The van der Waals surface area contributed by atoms with E-state index in [1.165, 1.54) is 0 Å². The summed E-state index contributed by atoms with van der Waals surface area (Å²) in [5.41, 5.74) is 0. The number of carbonyl (C=O) groups excluding carboxylic acids is 1. The molecule has 5 nitrogen and oxygen atoms in total. The van der Waals surface area contributed by atoms with E-state index in [0.717, 1.165) is 0 Å². The number of carbonyl (C=O) groups is 1. The third-order valence-corrected chi connectivity index (χ3v) is 4.89. The minimum absolute atomic E-state index is 0. The van der Waals surface area contributed by atoms with Crippen molar-refractivity contribution in [3.8, 4) is 0 Å². The zero-order valence-corrected chi connectivity index (χ0v) is 19.1. The monoisotopic (exact) mass is 595 g/mol. The third-order valence-electron chi connectivity index (χ3n) is 3.44. The van der Waals surface area contributed by atoms with Gasteiger partial charge in [0, 0.05) is 0 Å². The summed E-state index contributed by atoms with van der Waals surface area (Å²) in [5, 5.41) is 2.11. The fourth-order valence-corrected chi connectivity index (χ4v) is 2.52. The van der Waals surface area contributed by atoms with Crippen molar-refractivity contribution in [2.24, 2.45) is 0 Å². The normalized spacial score (nSPS) is 15.7. The zero-order valence-electron chi connectivity index (χ0n) is 15.2. The molecule has 0 radical (unpaired) electrons. The molecule has 0 aromatic carbocycles. The smallest absolute Gasteiger partial charge is 0.549 e. The van der Waals surface area contributed by atoms with Crippen LogP contribution >= 0.6 is 0 Å². The SMILES string of the molecule is O=C([O-])CNS(=O)(=O)C(F)(F)C(F)(F)C(F)(F)C(F)(F)C(F)(F)C(F)(F)C(F)(F)C(F)(F)F.[K+]. The van der Waals surface area contributed by atoms with E-state index in [0.29, 0.717) is 0 Å². The number of hydrogen-bond donors (Lipinski definition) is 1. The van der Waals surface area contributed by atoms with E-state index in [4.69, 9.17) is 0 Å². The van der Waals surface area contributed by atoms with Gasteiger partial charge in [-0.2, -0.15) is 74.6 Å². The predicted molar refractivity (Wildman–Crippen MR) is 62.6 cm³/mol. The molecule has 0 amide bonds. The van der Waals surface area contributed by atoms with Gasteiger partial charge in [-0.1, -0.05) is 0 Å². The molecule has 0 saturated heterocycles. The number of sulfonamides is 1. The summed E-state index contributed by atoms with van der Waals surface area (Å²) in [6.45, 7) is -2.47. The van der Waals surface area contributed by atoms with Crippen molar-refractivity contribution in [1.82, 2.24) is 4.72 Å². The van der Waals surface area contributed by atoms with Crippen LogP contribution in [0.5, 0.6) is 0 Å². The maximum absolute atomic E-state index is 13.4. The number of rotatable bonds is 10. The molecule has 0 bridgehead atoms. The van der Waals surface area contributed by atoms with E-state index in [1.807, 2.05) is 0 Å². The minimum atomic E-state index is -8.95. The average molecular weight is 595 g/mol. The Bertz CT molecular complexity index is 868. The summed E-state index contributed by atoms with van der Waals surface area (Å²) >= 11 is 0. The van der Waals surface area contributed by atoms with Gasteiger partial charge in [0.05, 0.1) is 12.5 Å². The van der Waals surface area contributed by atoms with E-state index in [1.54, 1.807) is 0 Å². The van der Waals surface area contributed by atoms with Gasteiger partial charge in [-0.15, -0.1) is 0 Å². The van der Waals surface area contributed by atoms with Crippen LogP contribution in [-0.4, -0.2) is 67.9 Å². The second-order valence-electron chi connectivity index (χ2n) is 5.66. The van der Waals surface area contributed by atoms with Gasteiger partial charge in [0.25, 0.3) is 10.0 Å². The van der Waals surface area contributed by atoms with Crippen molar-refractivity contribution in [3.63, 3.8) is 0 Å². The maximum Gasteiger partial charge on any atom is 1.00 e. The zero-order chi connectivity index (χ0) is 27.5. The Balaban J connectivity index is 0. The molecular formula is C10H3F17KNO4S. The number of aliphatic carboxylic acids is 1. The summed E-state index contributed by atoms with van der Waals surface area (Å²) < 4.78 is 242. The first-order valence-electron chi connectivity index (χ1n) is 6.82. The van der Waals surface area contributed by atoms with Gasteiger partial charge in [0.2, 0.25) is 0 Å². The summed E-state index contributed by atoms with van der Waals surface area (Å²) in [6.07, 6.45) is -7.92. The molecule has 0 saturated carbocycles. The van der Waals surface area contributed by atoms with E-state index in [2.05, 4.69) is 0 Å². The molecule has 0 aromatic rings. The van der Waals surface area contributed by atoms with Gasteiger partial charge >= 0.3 is 98.4 Å². The third kappa shape index (κ3) is 4.99. The number of hydrogen-bond acceptors (Lipinski definition) is 4. The van der Waals surface area contributed by atoms with Crippen LogP contribution in [-0.2, 0) is 14.8 Å². The van der Waals surface area contributed by atoms with Crippen molar-refractivity contribution < 1.29 is 144 Å². The van der Waals surface area contributed by atoms with E-state index in [9.17, 15) is 93.0 Å². The predicted octanol–water partition coefficient (Wildman–Crippen LogP) is -0.373. The fourth-order valence-electron chi connectivity index (χ4n) is 1.56. The molecule has 0 spiro atoms. The Morgan fingerprint density at radius 1 is 0.588 bits per heavy atom. The molecule has 198 valence electrons. The molecule has 0 aliphatic heterocycles. The van der Waals surface area contributed by atoms with Crippen LogP contribution in [0, 0.1) is 0 Å². The van der Waals surface area contributed by atoms with Gasteiger partial charge in [0.1, 0.15) is 0 Å². The van der Waals surface area contributed by atoms with Crippen LogP contribution in [0.4, 0.5) is 74.6 Å². The molecule has 1 N–H and O–H groups in total. The van der Waals surface area contributed by atoms with Gasteiger partial charge in [0.15, 0.2) is 0 Å². The number of alkyl halides is 17. The fraction of sp³-hybridized carbons (Fsp3) is 0.900. The van der Waals surface area contributed by atoms with E-state index < -0.39 is 69.5 Å². The number of halogens is 17. The standard InChI is InChI=1S/C10H4F17NO4S.K/c11-3(12,5(15,16)7(19,20)9(23,24)25)4(13,14)6(17,18)8(21,22)10(26,27)33(31,32)28-1-2(29)30;/h28H,1H2,(H,29,30);/q;+1/p-1. The van der Waals surface area contributed by atoms with Gasteiger partial charge in [-0.25, -0.2) is 13.1 Å². The van der Waals surface area contributed by atoms with Crippen LogP contribution in [0.3, 0.4) is 0 Å². The molecule has 34 heavy (non-hydrogen) atoms. The van der Waals surface area contributed by atoms with Gasteiger partial charge in [-0.3, -0.25) is 0 Å². The summed E-state index contributed by atoms with van der Waals surface area (Å²) in [6, 6.07) is 0. The molecule has 0 atom stereocenters. The number of carboxylic acids is 1. The Labute approximate surface area is 217 Å². The molecule has 0 unspecified atom stereocenters. The second-order valence-corrected chi connectivity index (χ2v) is 7.47. The van der Waals surface area contributed by atoms with Crippen molar-refractivity contribution >= 4 is 16.0 Å². The molecule has 0 aliphatic carbocycles. The van der Waals surface area contributed by atoms with E-state index >= 15 is 0 Å². The molecule has 0 aliphatic rings. The first-order chi connectivity index (χ1) is 13.9. The minimum Gasteiger partial charge on any atom is -0.549 e. The van der Waals surface area contributed by atoms with Crippen LogP contribution in [0.15, 0.2) is 0 Å². The summed E-state index contributed by atoms with van der Waals surface area (Å²) in [7, 11) is -7.62. The molecule has 0 fully saturated rings. The number of nitrogens with one attached hydrogen (secondary N) is 1. The van der Waals surface area contributed by atoms with Crippen LogP contribution in [0.1, 0.15) is 0 Å². The van der Waals surface area contributed by atoms with Crippen LogP contribution in [0.25, 0.3) is 0 Å². The quantitative estimate of drug-likeness (QED) is 0.276. The van der Waals surface area contributed by atoms with Crippen molar-refractivity contribution in [1.29, 1.82) is 0 Å². The van der Waals surface area contributed by atoms with Crippen LogP contribution < -0.4 is 61.2 Å². The largest absolute Gasteiger partial charge is 1.00 e. The Morgan fingerprint density at radius 2 is 0.853 bits per heavy atom. The number of carboxylic acid groups (broad SMARTS) is 1. The summed E-state index contributed by atoms with van der Waals surface area (Å²) in [4.78, 5) is 9.91. The first-order valence-corrected chi connectivity index (χ1v) is 8.30. The van der Waals surface area contributed by atoms with Crippen molar-refractivity contribution in [3.05, 3.63) is 0 Å². The summed E-state index contributed by atoms with van der Waals surface area (Å²) in [5.74, 6) is -55.0.